The van der Waals surface area contributed by atoms with Crippen molar-refractivity contribution < 1.29 is 4.79 Å². The van der Waals surface area contributed by atoms with Crippen LogP contribution >= 0.6 is 0 Å². The fraction of sp³-hybridized carbons (Fsp3) is 0.235. The van der Waals surface area contributed by atoms with Gasteiger partial charge in [0, 0.05) is 12.7 Å². The molecule has 0 fully saturated rings. The van der Waals surface area contributed by atoms with Crippen molar-refractivity contribution in [2.45, 2.75) is 19.4 Å². The minimum absolute atomic E-state index is 0.00899. The molecule has 2 aromatic carbocycles. The molecule has 3 nitrogen and oxygen atoms in total. The summed E-state index contributed by atoms with van der Waals surface area (Å²) >= 11 is 0. The van der Waals surface area contributed by atoms with Crippen LogP contribution in [0.3, 0.4) is 0 Å². The predicted octanol–water partition coefficient (Wildman–Crippen LogP) is 3.03. The zero-order valence-electron chi connectivity index (χ0n) is 11.9. The number of nitrogen functional groups attached to an aromatic ring is 1. The minimum Gasteiger partial charge on any atom is -0.399 e. The highest BCUT2D eigenvalue weighted by atomic mass is 16.2. The lowest BCUT2D eigenvalue weighted by atomic mass is 10.1. The first-order valence-electron chi connectivity index (χ1n) is 6.73. The van der Waals surface area contributed by atoms with E-state index in [-0.39, 0.29) is 11.9 Å². The molecule has 2 rings (SSSR count). The Balaban J connectivity index is 2.06. The van der Waals surface area contributed by atoms with Crippen LogP contribution in [0.1, 0.15) is 24.1 Å². The molecule has 0 spiro atoms. The number of benzene rings is 2. The molecule has 0 aromatic heterocycles. The van der Waals surface area contributed by atoms with Gasteiger partial charge in [-0.3, -0.25) is 4.79 Å². The lowest BCUT2D eigenvalue weighted by Gasteiger charge is -2.25. The number of amides is 1. The second-order valence-corrected chi connectivity index (χ2v) is 5.01. The van der Waals surface area contributed by atoms with Crippen LogP contribution in [0.2, 0.25) is 0 Å². The van der Waals surface area contributed by atoms with Crippen LogP contribution < -0.4 is 5.73 Å². The molecule has 1 atom stereocenters. The summed E-state index contributed by atoms with van der Waals surface area (Å²) in [5.74, 6) is 0.103. The molecule has 0 aliphatic rings. The van der Waals surface area contributed by atoms with Gasteiger partial charge in [0.25, 0.3) is 0 Å². The molecule has 20 heavy (non-hydrogen) atoms. The standard InChI is InChI=1S/C17H20N2O/c1-13(15-9-6-10-16(18)12-15)19(2)17(20)11-14-7-4-3-5-8-14/h3-10,12-13H,11,18H2,1-2H3. The highest BCUT2D eigenvalue weighted by molar-refractivity contribution is 5.79. The molecule has 0 radical (unpaired) electrons. The van der Waals surface area contributed by atoms with Gasteiger partial charge in [0.15, 0.2) is 0 Å². The van der Waals surface area contributed by atoms with Gasteiger partial charge in [0.2, 0.25) is 5.91 Å². The zero-order valence-corrected chi connectivity index (χ0v) is 11.9. The molecule has 1 amide bonds. The van der Waals surface area contributed by atoms with Crippen LogP contribution in [0, 0.1) is 0 Å². The number of hydrogen-bond donors (Lipinski definition) is 1. The molecule has 0 saturated heterocycles. The Morgan fingerprint density at radius 1 is 1.15 bits per heavy atom. The van der Waals surface area contributed by atoms with E-state index < -0.39 is 0 Å². The predicted molar refractivity (Wildman–Crippen MR) is 82.2 cm³/mol. The van der Waals surface area contributed by atoms with Gasteiger partial charge in [0.1, 0.15) is 0 Å². The molecule has 0 saturated carbocycles. The van der Waals surface area contributed by atoms with Crippen LogP contribution in [0.15, 0.2) is 54.6 Å². The fourth-order valence-electron chi connectivity index (χ4n) is 2.15. The van der Waals surface area contributed by atoms with Crippen molar-refractivity contribution in [3.63, 3.8) is 0 Å². The number of carbonyl (C=O) groups is 1. The van der Waals surface area contributed by atoms with E-state index in [0.717, 1.165) is 16.8 Å². The summed E-state index contributed by atoms with van der Waals surface area (Å²) in [6, 6.07) is 17.5. The van der Waals surface area contributed by atoms with Gasteiger partial charge in [0.05, 0.1) is 12.5 Å². The first-order valence-corrected chi connectivity index (χ1v) is 6.73. The van der Waals surface area contributed by atoms with E-state index in [4.69, 9.17) is 5.73 Å². The van der Waals surface area contributed by atoms with E-state index in [1.165, 1.54) is 0 Å². The highest BCUT2D eigenvalue weighted by Gasteiger charge is 2.17. The minimum atomic E-state index is 0.00899. The van der Waals surface area contributed by atoms with Gasteiger partial charge < -0.3 is 10.6 Å². The quantitative estimate of drug-likeness (QED) is 0.866. The van der Waals surface area contributed by atoms with Gasteiger partial charge in [-0.25, -0.2) is 0 Å². The van der Waals surface area contributed by atoms with Crippen molar-refractivity contribution in [2.75, 3.05) is 12.8 Å². The van der Waals surface area contributed by atoms with Gasteiger partial charge >= 0.3 is 0 Å². The number of nitrogens with zero attached hydrogens (tertiary/aromatic N) is 1. The van der Waals surface area contributed by atoms with Crippen molar-refractivity contribution in [1.82, 2.24) is 4.90 Å². The number of carbonyl (C=O) groups excluding carboxylic acids is 1. The number of rotatable bonds is 4. The summed E-state index contributed by atoms with van der Waals surface area (Å²) in [4.78, 5) is 14.1. The number of anilines is 1. The average Bonchev–Trinajstić information content (AvgIpc) is 2.46. The topological polar surface area (TPSA) is 46.3 Å². The van der Waals surface area contributed by atoms with E-state index in [0.29, 0.717) is 6.42 Å². The molecule has 2 aromatic rings. The van der Waals surface area contributed by atoms with E-state index in [2.05, 4.69) is 0 Å². The number of hydrogen-bond acceptors (Lipinski definition) is 2. The Bertz CT molecular complexity index is 581. The van der Waals surface area contributed by atoms with Crippen molar-refractivity contribution in [2.24, 2.45) is 0 Å². The summed E-state index contributed by atoms with van der Waals surface area (Å²) < 4.78 is 0. The van der Waals surface area contributed by atoms with Crippen LogP contribution in [-0.4, -0.2) is 17.9 Å². The summed E-state index contributed by atoms with van der Waals surface area (Å²) in [7, 11) is 1.83. The molecular weight excluding hydrogens is 248 g/mol. The molecule has 0 aliphatic carbocycles. The van der Waals surface area contributed by atoms with Crippen LogP contribution in [0.4, 0.5) is 5.69 Å². The van der Waals surface area contributed by atoms with Crippen molar-refractivity contribution in [3.05, 3.63) is 65.7 Å². The second-order valence-electron chi connectivity index (χ2n) is 5.01. The van der Waals surface area contributed by atoms with E-state index in [1.54, 1.807) is 4.90 Å². The molecule has 1 unspecified atom stereocenters. The highest BCUT2D eigenvalue weighted by Crippen LogP contribution is 2.21. The third kappa shape index (κ3) is 3.38. The van der Waals surface area contributed by atoms with Crippen LogP contribution in [-0.2, 0) is 11.2 Å². The lowest BCUT2D eigenvalue weighted by molar-refractivity contribution is -0.131. The van der Waals surface area contributed by atoms with Gasteiger partial charge in [-0.1, -0.05) is 42.5 Å². The third-order valence-electron chi connectivity index (χ3n) is 3.57. The van der Waals surface area contributed by atoms with Gasteiger partial charge in [-0.2, -0.15) is 0 Å². The van der Waals surface area contributed by atoms with Crippen molar-refractivity contribution in [3.8, 4) is 0 Å². The van der Waals surface area contributed by atoms with Crippen molar-refractivity contribution in [1.29, 1.82) is 0 Å². The summed E-state index contributed by atoms with van der Waals surface area (Å²) in [6.45, 7) is 2.01. The smallest absolute Gasteiger partial charge is 0.227 e. The zero-order chi connectivity index (χ0) is 14.5. The Labute approximate surface area is 120 Å². The molecule has 2 N–H and O–H groups in total. The maximum absolute atomic E-state index is 12.3. The largest absolute Gasteiger partial charge is 0.399 e. The van der Waals surface area contributed by atoms with E-state index in [1.807, 2.05) is 68.6 Å². The molecule has 0 heterocycles. The molecular formula is C17H20N2O. The summed E-state index contributed by atoms with van der Waals surface area (Å²) in [6.07, 6.45) is 0.421. The number of likely N-dealkylation sites (N-methyl/N-ethyl adjacent to an activating group) is 1. The van der Waals surface area contributed by atoms with Crippen molar-refractivity contribution >= 4 is 11.6 Å². The first kappa shape index (κ1) is 14.1. The maximum atomic E-state index is 12.3. The molecule has 0 aliphatic heterocycles. The maximum Gasteiger partial charge on any atom is 0.227 e. The molecule has 104 valence electrons. The van der Waals surface area contributed by atoms with Crippen LogP contribution in [0.5, 0.6) is 0 Å². The normalized spacial score (nSPS) is 11.9. The Hall–Kier alpha value is -2.29. The Kier molecular flexibility index (Phi) is 4.41. The molecule has 0 bridgehead atoms. The summed E-state index contributed by atoms with van der Waals surface area (Å²) in [5.41, 5.74) is 8.59. The van der Waals surface area contributed by atoms with Gasteiger partial charge in [-0.05, 0) is 30.2 Å². The first-order chi connectivity index (χ1) is 9.58. The molecule has 3 heteroatoms. The van der Waals surface area contributed by atoms with Crippen LogP contribution in [0.25, 0.3) is 0 Å². The fourth-order valence-corrected chi connectivity index (χ4v) is 2.15. The monoisotopic (exact) mass is 268 g/mol. The van der Waals surface area contributed by atoms with Gasteiger partial charge in [-0.15, -0.1) is 0 Å². The Morgan fingerprint density at radius 2 is 1.85 bits per heavy atom. The Morgan fingerprint density at radius 3 is 2.50 bits per heavy atom. The lowest BCUT2D eigenvalue weighted by Crippen LogP contribution is -2.31. The van der Waals surface area contributed by atoms with E-state index >= 15 is 0 Å². The second kappa shape index (κ2) is 6.24. The summed E-state index contributed by atoms with van der Waals surface area (Å²) in [5, 5.41) is 0. The average molecular weight is 268 g/mol. The third-order valence-corrected chi connectivity index (χ3v) is 3.57. The SMILES string of the molecule is CC(c1cccc(N)c1)N(C)C(=O)Cc1ccccc1. The number of nitrogens with two attached hydrogens (primary N) is 1. The van der Waals surface area contributed by atoms with E-state index in [9.17, 15) is 4.79 Å².